The second-order valence-corrected chi connectivity index (χ2v) is 9.81. The number of para-hydroxylation sites is 1. The number of rotatable bonds is 4. The van der Waals surface area contributed by atoms with E-state index in [1.807, 2.05) is 45.0 Å². The molecule has 2 aliphatic rings. The first-order chi connectivity index (χ1) is 14.2. The van der Waals surface area contributed by atoms with Crippen LogP contribution in [0, 0.1) is 0 Å². The molecule has 1 saturated heterocycles. The predicted octanol–water partition coefficient (Wildman–Crippen LogP) is 3.42. The molecule has 0 bridgehead atoms. The fourth-order valence-corrected chi connectivity index (χ4v) is 4.61. The van der Waals surface area contributed by atoms with Gasteiger partial charge in [-0.05, 0) is 45.7 Å². The molecule has 2 heterocycles. The third-order valence-corrected chi connectivity index (χ3v) is 6.15. The molecule has 0 radical (unpaired) electrons. The van der Waals surface area contributed by atoms with Crippen LogP contribution in [-0.2, 0) is 14.3 Å². The molecule has 0 spiro atoms. The van der Waals surface area contributed by atoms with Gasteiger partial charge in [0.25, 0.3) is 0 Å². The Morgan fingerprint density at radius 2 is 1.80 bits per heavy atom. The van der Waals surface area contributed by atoms with Crippen LogP contribution in [0.25, 0.3) is 0 Å². The second-order valence-electron chi connectivity index (χ2n) is 8.67. The molecule has 3 rings (SSSR count). The van der Waals surface area contributed by atoms with Gasteiger partial charge in [-0.1, -0.05) is 12.1 Å². The van der Waals surface area contributed by atoms with Gasteiger partial charge in [0.15, 0.2) is 0 Å². The van der Waals surface area contributed by atoms with Crippen molar-refractivity contribution in [2.75, 3.05) is 30.3 Å². The van der Waals surface area contributed by atoms with Gasteiger partial charge in [0.05, 0.1) is 5.69 Å². The molecule has 0 saturated carbocycles. The van der Waals surface area contributed by atoms with E-state index in [1.54, 1.807) is 21.6 Å². The zero-order valence-corrected chi connectivity index (χ0v) is 18.8. The van der Waals surface area contributed by atoms with Crippen LogP contribution >= 0.6 is 11.8 Å². The Morgan fingerprint density at radius 3 is 2.50 bits per heavy atom. The summed E-state index contributed by atoms with van der Waals surface area (Å²) in [6, 6.07) is 7.91. The van der Waals surface area contributed by atoms with Crippen molar-refractivity contribution in [1.82, 2.24) is 10.2 Å². The third kappa shape index (κ3) is 6.14. The average molecular weight is 434 g/mol. The number of hydrogen-bond donors (Lipinski definition) is 1. The summed E-state index contributed by atoms with van der Waals surface area (Å²) in [7, 11) is 0. The fourth-order valence-electron chi connectivity index (χ4n) is 3.62. The van der Waals surface area contributed by atoms with Gasteiger partial charge < -0.3 is 19.9 Å². The Labute approximate surface area is 182 Å². The van der Waals surface area contributed by atoms with Crippen LogP contribution in [0.15, 0.2) is 29.2 Å². The molecule has 0 aromatic heterocycles. The molecule has 1 fully saturated rings. The Bertz CT molecular complexity index is 785. The summed E-state index contributed by atoms with van der Waals surface area (Å²) in [4.78, 5) is 41.7. The van der Waals surface area contributed by atoms with Crippen LogP contribution in [0.1, 0.15) is 46.5 Å². The zero-order chi connectivity index (χ0) is 21.7. The van der Waals surface area contributed by atoms with Crippen LogP contribution in [0.3, 0.4) is 0 Å². The topological polar surface area (TPSA) is 79.0 Å². The number of carbonyl (C=O) groups is 3. The van der Waals surface area contributed by atoms with Gasteiger partial charge in [0, 0.05) is 49.2 Å². The molecule has 8 heteroatoms. The van der Waals surface area contributed by atoms with Gasteiger partial charge in [-0.3, -0.25) is 9.59 Å². The average Bonchev–Trinajstić information content (AvgIpc) is 2.71. The van der Waals surface area contributed by atoms with Crippen LogP contribution in [0.5, 0.6) is 0 Å². The molecule has 164 valence electrons. The van der Waals surface area contributed by atoms with Crippen LogP contribution < -0.4 is 10.2 Å². The van der Waals surface area contributed by atoms with Crippen molar-refractivity contribution in [2.24, 2.45) is 0 Å². The van der Waals surface area contributed by atoms with E-state index in [1.165, 1.54) is 0 Å². The highest BCUT2D eigenvalue weighted by molar-refractivity contribution is 7.99. The number of carbonyl (C=O) groups excluding carboxylic acids is 3. The number of nitrogens with one attached hydrogen (secondary N) is 1. The molecule has 0 aliphatic carbocycles. The number of thioether (sulfide) groups is 1. The molecule has 7 nitrogen and oxygen atoms in total. The highest BCUT2D eigenvalue weighted by Gasteiger charge is 2.28. The van der Waals surface area contributed by atoms with Crippen molar-refractivity contribution < 1.29 is 19.1 Å². The smallest absolute Gasteiger partial charge is 0.410 e. The monoisotopic (exact) mass is 433 g/mol. The first-order valence-electron chi connectivity index (χ1n) is 10.5. The SMILES string of the molecule is CC(C)(C)OC(=O)N1CCC(NC(=O)CCC(=O)N2CCSc3ccccc32)CC1. The lowest BCUT2D eigenvalue weighted by molar-refractivity contribution is -0.125. The molecule has 0 atom stereocenters. The van der Waals surface area contributed by atoms with E-state index >= 15 is 0 Å². The summed E-state index contributed by atoms with van der Waals surface area (Å²) < 4.78 is 5.40. The highest BCUT2D eigenvalue weighted by atomic mass is 32.2. The summed E-state index contributed by atoms with van der Waals surface area (Å²) in [5.74, 6) is 0.738. The number of benzene rings is 1. The summed E-state index contributed by atoms with van der Waals surface area (Å²) in [6.07, 6.45) is 1.45. The van der Waals surface area contributed by atoms with Crippen molar-refractivity contribution >= 4 is 35.4 Å². The molecular formula is C22H31N3O4S. The van der Waals surface area contributed by atoms with Crippen molar-refractivity contribution in [2.45, 2.75) is 63.0 Å². The molecular weight excluding hydrogens is 402 g/mol. The second kappa shape index (κ2) is 9.73. The summed E-state index contributed by atoms with van der Waals surface area (Å²) >= 11 is 1.75. The molecule has 3 amide bonds. The van der Waals surface area contributed by atoms with Crippen LogP contribution in [0.4, 0.5) is 10.5 Å². The van der Waals surface area contributed by atoms with Crippen LogP contribution in [-0.4, -0.2) is 59.8 Å². The molecule has 0 unspecified atom stereocenters. The van der Waals surface area contributed by atoms with Crippen molar-refractivity contribution in [3.05, 3.63) is 24.3 Å². The number of piperidine rings is 1. The van der Waals surface area contributed by atoms with Crippen molar-refractivity contribution in [3.8, 4) is 0 Å². The lowest BCUT2D eigenvalue weighted by Crippen LogP contribution is -2.48. The Kier molecular flexibility index (Phi) is 7.28. The first kappa shape index (κ1) is 22.5. The summed E-state index contributed by atoms with van der Waals surface area (Å²) in [6.45, 7) is 7.33. The van der Waals surface area contributed by atoms with Gasteiger partial charge in [-0.25, -0.2) is 4.79 Å². The predicted molar refractivity (Wildman–Crippen MR) is 118 cm³/mol. The van der Waals surface area contributed by atoms with Gasteiger partial charge in [-0.15, -0.1) is 11.8 Å². The number of ether oxygens (including phenoxy) is 1. The number of likely N-dealkylation sites (tertiary alicyclic amines) is 1. The van der Waals surface area contributed by atoms with Crippen molar-refractivity contribution in [3.63, 3.8) is 0 Å². The van der Waals surface area contributed by atoms with Gasteiger partial charge in [0.2, 0.25) is 11.8 Å². The molecule has 2 aliphatic heterocycles. The lowest BCUT2D eigenvalue weighted by Gasteiger charge is -2.33. The molecule has 1 N–H and O–H groups in total. The number of anilines is 1. The Morgan fingerprint density at radius 1 is 1.10 bits per heavy atom. The molecule has 1 aromatic carbocycles. The van der Waals surface area contributed by atoms with Gasteiger partial charge >= 0.3 is 6.09 Å². The van der Waals surface area contributed by atoms with Gasteiger partial charge in [0.1, 0.15) is 5.60 Å². The maximum Gasteiger partial charge on any atom is 0.410 e. The van der Waals surface area contributed by atoms with Gasteiger partial charge in [-0.2, -0.15) is 0 Å². The van der Waals surface area contributed by atoms with E-state index in [0.717, 1.165) is 16.3 Å². The molecule has 30 heavy (non-hydrogen) atoms. The van der Waals surface area contributed by atoms with Crippen molar-refractivity contribution in [1.29, 1.82) is 0 Å². The number of amides is 3. The van der Waals surface area contributed by atoms with E-state index in [2.05, 4.69) is 5.32 Å². The minimum Gasteiger partial charge on any atom is -0.444 e. The Hall–Kier alpha value is -2.22. The van der Waals surface area contributed by atoms with Crippen LogP contribution in [0.2, 0.25) is 0 Å². The number of nitrogens with zero attached hydrogens (tertiary/aromatic N) is 2. The standard InChI is InChI=1S/C22H31N3O4S/c1-22(2,3)29-21(28)24-12-10-16(11-13-24)23-19(26)8-9-20(27)25-14-15-30-18-7-5-4-6-17(18)25/h4-7,16H,8-15H2,1-3H3,(H,23,26). The van der Waals surface area contributed by atoms with E-state index in [0.29, 0.717) is 32.5 Å². The lowest BCUT2D eigenvalue weighted by atomic mass is 10.0. The third-order valence-electron chi connectivity index (χ3n) is 5.11. The maximum absolute atomic E-state index is 12.7. The van der Waals surface area contributed by atoms with E-state index in [4.69, 9.17) is 4.74 Å². The minimum absolute atomic E-state index is 0.0161. The van der Waals surface area contributed by atoms with E-state index < -0.39 is 5.60 Å². The largest absolute Gasteiger partial charge is 0.444 e. The Balaban J connectivity index is 1.41. The molecule has 1 aromatic rings. The number of hydrogen-bond acceptors (Lipinski definition) is 5. The highest BCUT2D eigenvalue weighted by Crippen LogP contribution is 2.34. The summed E-state index contributed by atoms with van der Waals surface area (Å²) in [5.41, 5.74) is 0.427. The number of fused-ring (bicyclic) bond motifs is 1. The maximum atomic E-state index is 12.7. The quantitative estimate of drug-likeness (QED) is 0.787. The van der Waals surface area contributed by atoms with E-state index in [-0.39, 0.29) is 36.8 Å². The zero-order valence-electron chi connectivity index (χ0n) is 18.0. The van der Waals surface area contributed by atoms with E-state index in [9.17, 15) is 14.4 Å². The first-order valence-corrected chi connectivity index (χ1v) is 11.5. The normalized spacial score (nSPS) is 17.3. The summed E-state index contributed by atoms with van der Waals surface area (Å²) in [5, 5.41) is 3.01. The minimum atomic E-state index is -0.512. The fraction of sp³-hybridized carbons (Fsp3) is 0.591.